The van der Waals surface area contributed by atoms with Gasteiger partial charge in [0.25, 0.3) is 0 Å². The predicted octanol–water partition coefficient (Wildman–Crippen LogP) is 3.70. The summed E-state index contributed by atoms with van der Waals surface area (Å²) >= 11 is 0. The largest absolute Gasteiger partial charge is 0.512 e. The van der Waals surface area contributed by atoms with Gasteiger partial charge in [0.1, 0.15) is 12.0 Å². The monoisotopic (exact) mass is 305 g/mol. The zero-order valence-corrected chi connectivity index (χ0v) is 12.6. The van der Waals surface area contributed by atoms with Gasteiger partial charge in [0, 0.05) is 18.1 Å². The van der Waals surface area contributed by atoms with Crippen molar-refractivity contribution in [2.75, 3.05) is 13.7 Å². The summed E-state index contributed by atoms with van der Waals surface area (Å²) in [5.41, 5.74) is 0.932. The molecule has 0 saturated heterocycles. The fraction of sp³-hybridized carbons (Fsp3) is 0.500. The number of ether oxygens (including phenoxy) is 3. The molecule has 1 N–H and O–H groups in total. The van der Waals surface area contributed by atoms with Gasteiger partial charge in [0.2, 0.25) is 11.8 Å². The van der Waals surface area contributed by atoms with Gasteiger partial charge in [-0.15, -0.1) is 0 Å². The molecule has 1 aromatic heterocycles. The number of pyridine rings is 1. The number of halogens is 2. The molecule has 0 unspecified atom stereocenters. The topological polar surface area (TPSA) is 60.8 Å². The Kier molecular flexibility index (Phi) is 9.66. The second kappa shape index (κ2) is 10.7. The Labute approximate surface area is 123 Å². The molecule has 0 spiro atoms. The van der Waals surface area contributed by atoms with Gasteiger partial charge in [-0.25, -0.2) is 0 Å². The van der Waals surface area contributed by atoms with Gasteiger partial charge in [0.05, 0.1) is 13.7 Å². The van der Waals surface area contributed by atoms with Gasteiger partial charge in [-0.05, 0) is 13.0 Å². The molecule has 7 heteroatoms. The lowest BCUT2D eigenvalue weighted by Crippen LogP contribution is -2.03. The molecule has 0 bridgehead atoms. The van der Waals surface area contributed by atoms with Crippen LogP contribution in [0.5, 0.6) is 11.8 Å². The molecular weight excluding hydrogens is 284 g/mol. The Morgan fingerprint density at radius 2 is 2.10 bits per heavy atom. The van der Waals surface area contributed by atoms with Crippen molar-refractivity contribution in [2.45, 2.75) is 33.8 Å². The second-order valence-corrected chi connectivity index (χ2v) is 3.53. The van der Waals surface area contributed by atoms with Crippen LogP contribution in [-0.2, 0) is 11.2 Å². The number of hydrogen-bond acceptors (Lipinski definition) is 5. The first-order valence-corrected chi connectivity index (χ1v) is 6.49. The average molecular weight is 305 g/mol. The number of methoxy groups -OCH3 is 1. The van der Waals surface area contributed by atoms with Crippen molar-refractivity contribution in [1.82, 2.24) is 4.98 Å². The third kappa shape index (κ3) is 7.34. The van der Waals surface area contributed by atoms with Gasteiger partial charge >= 0.3 is 6.61 Å². The number of fused-ring (bicyclic) bond motifs is 1. The minimum absolute atomic E-state index is 0.101. The van der Waals surface area contributed by atoms with Crippen LogP contribution < -0.4 is 9.47 Å². The highest BCUT2D eigenvalue weighted by Gasteiger charge is 2.15. The van der Waals surface area contributed by atoms with Crippen LogP contribution in [-0.4, -0.2) is 30.4 Å². The summed E-state index contributed by atoms with van der Waals surface area (Å²) in [5.74, 6) is 0.823. The molecule has 1 aliphatic rings. The van der Waals surface area contributed by atoms with Crippen LogP contribution in [0.4, 0.5) is 8.78 Å². The Hall–Kier alpha value is -2.05. The average Bonchev–Trinajstić information content (AvgIpc) is 2.96. The van der Waals surface area contributed by atoms with Crippen molar-refractivity contribution in [3.63, 3.8) is 0 Å². The van der Waals surface area contributed by atoms with Crippen LogP contribution in [0.25, 0.3) is 0 Å². The molecule has 1 aromatic rings. The van der Waals surface area contributed by atoms with E-state index < -0.39 is 6.61 Å². The molecule has 1 aliphatic heterocycles. The number of hydrogen-bond donors (Lipinski definition) is 1. The zero-order chi connectivity index (χ0) is 16.3. The number of aliphatic hydroxyl groups excluding tert-OH is 1. The summed E-state index contributed by atoms with van der Waals surface area (Å²) < 4.78 is 37.2. The van der Waals surface area contributed by atoms with Crippen molar-refractivity contribution in [3.8, 4) is 11.8 Å². The van der Waals surface area contributed by atoms with Crippen LogP contribution in [0, 0.1) is 0 Å². The SMILES string of the molecule is CC.CO/C(C)=C/O.FC(F)Oc1ccc2c(n1)OCC2. The number of alkyl halides is 2. The van der Waals surface area contributed by atoms with Crippen LogP contribution in [0.15, 0.2) is 24.2 Å². The van der Waals surface area contributed by atoms with Gasteiger partial charge in [-0.3, -0.25) is 0 Å². The molecule has 0 fully saturated rings. The highest BCUT2D eigenvalue weighted by atomic mass is 19.3. The van der Waals surface area contributed by atoms with Gasteiger partial charge in [-0.1, -0.05) is 13.8 Å². The minimum Gasteiger partial charge on any atom is -0.512 e. The number of aromatic nitrogens is 1. The Balaban J connectivity index is 0.000000427. The molecule has 2 heterocycles. The number of nitrogens with zero attached hydrogens (tertiary/aromatic N) is 1. The molecule has 0 amide bonds. The number of aliphatic hydroxyl groups is 1. The van der Waals surface area contributed by atoms with Crippen molar-refractivity contribution in [3.05, 3.63) is 29.7 Å². The van der Waals surface area contributed by atoms with Crippen LogP contribution in [0.1, 0.15) is 26.3 Å². The lowest BCUT2D eigenvalue weighted by Gasteiger charge is -2.04. The lowest BCUT2D eigenvalue weighted by atomic mass is 10.2. The van der Waals surface area contributed by atoms with Crippen LogP contribution >= 0.6 is 0 Å². The van der Waals surface area contributed by atoms with E-state index in [1.165, 1.54) is 13.2 Å². The molecular formula is C14H21F2NO4. The molecule has 0 radical (unpaired) electrons. The summed E-state index contributed by atoms with van der Waals surface area (Å²) in [7, 11) is 1.50. The first kappa shape index (κ1) is 18.9. The molecule has 21 heavy (non-hydrogen) atoms. The molecule has 120 valence electrons. The number of rotatable bonds is 3. The molecule has 0 saturated carbocycles. The van der Waals surface area contributed by atoms with Crippen molar-refractivity contribution in [1.29, 1.82) is 0 Å². The van der Waals surface area contributed by atoms with E-state index in [-0.39, 0.29) is 5.88 Å². The van der Waals surface area contributed by atoms with E-state index in [9.17, 15) is 8.78 Å². The van der Waals surface area contributed by atoms with Gasteiger partial charge in [-0.2, -0.15) is 13.8 Å². The summed E-state index contributed by atoms with van der Waals surface area (Å²) in [6.45, 7) is 3.38. The standard InChI is InChI=1S/C8H7F2NO2.C4H8O2.C2H6/c9-8(10)13-6-2-1-5-3-4-12-7(5)11-6;1-4(3-5)6-2;1-2/h1-2,8H,3-4H2;3,5H,1-2H3;1-2H3/b;4-3+;. The maximum absolute atomic E-state index is 11.8. The molecule has 5 nitrogen and oxygen atoms in total. The summed E-state index contributed by atoms with van der Waals surface area (Å²) in [6.07, 6.45) is 1.69. The van der Waals surface area contributed by atoms with Crippen LogP contribution in [0.3, 0.4) is 0 Å². The Bertz CT molecular complexity index is 439. The lowest BCUT2D eigenvalue weighted by molar-refractivity contribution is -0.0530. The Morgan fingerprint density at radius 1 is 1.43 bits per heavy atom. The smallest absolute Gasteiger partial charge is 0.388 e. The first-order valence-electron chi connectivity index (χ1n) is 6.49. The van der Waals surface area contributed by atoms with Crippen molar-refractivity contribution < 1.29 is 28.1 Å². The highest BCUT2D eigenvalue weighted by molar-refractivity contribution is 5.33. The van der Waals surface area contributed by atoms with E-state index in [0.717, 1.165) is 18.2 Å². The minimum atomic E-state index is -2.84. The van der Waals surface area contributed by atoms with Crippen LogP contribution in [0.2, 0.25) is 0 Å². The third-order valence-electron chi connectivity index (χ3n) is 2.24. The summed E-state index contributed by atoms with van der Waals surface area (Å²) in [5, 5.41) is 8.05. The Morgan fingerprint density at radius 3 is 2.57 bits per heavy atom. The van der Waals surface area contributed by atoms with E-state index in [0.29, 0.717) is 18.2 Å². The maximum atomic E-state index is 11.8. The van der Waals surface area contributed by atoms with Crippen molar-refractivity contribution in [2.24, 2.45) is 0 Å². The van der Waals surface area contributed by atoms with E-state index in [4.69, 9.17) is 9.84 Å². The van der Waals surface area contributed by atoms with E-state index in [1.54, 1.807) is 13.0 Å². The molecule has 0 aliphatic carbocycles. The normalized spacial score (nSPS) is 12.2. The van der Waals surface area contributed by atoms with E-state index in [2.05, 4.69) is 14.5 Å². The second-order valence-electron chi connectivity index (χ2n) is 3.53. The quantitative estimate of drug-likeness (QED) is 0.863. The summed E-state index contributed by atoms with van der Waals surface area (Å²) in [4.78, 5) is 3.77. The number of allylic oxidation sites excluding steroid dienone is 1. The third-order valence-corrected chi connectivity index (χ3v) is 2.24. The molecule has 0 atom stereocenters. The van der Waals surface area contributed by atoms with Gasteiger partial charge < -0.3 is 19.3 Å². The molecule has 2 rings (SSSR count). The van der Waals surface area contributed by atoms with Gasteiger partial charge in [0.15, 0.2) is 0 Å². The fourth-order valence-corrected chi connectivity index (χ4v) is 1.23. The zero-order valence-electron chi connectivity index (χ0n) is 12.6. The highest BCUT2D eigenvalue weighted by Crippen LogP contribution is 2.25. The first-order chi connectivity index (χ1) is 10.1. The predicted molar refractivity (Wildman–Crippen MR) is 74.8 cm³/mol. The van der Waals surface area contributed by atoms with E-state index >= 15 is 0 Å². The molecule has 0 aromatic carbocycles. The maximum Gasteiger partial charge on any atom is 0.388 e. The van der Waals surface area contributed by atoms with E-state index in [1.807, 2.05) is 13.8 Å². The van der Waals surface area contributed by atoms with Crippen molar-refractivity contribution >= 4 is 0 Å². The fourth-order valence-electron chi connectivity index (χ4n) is 1.23. The summed E-state index contributed by atoms with van der Waals surface area (Å²) in [6, 6.07) is 3.10.